The van der Waals surface area contributed by atoms with E-state index in [9.17, 15) is 0 Å². The lowest BCUT2D eigenvalue weighted by molar-refractivity contribution is -0.0336. The van der Waals surface area contributed by atoms with E-state index in [1.165, 1.54) is 25.7 Å². The van der Waals surface area contributed by atoms with Gasteiger partial charge in [-0.05, 0) is 53.8 Å². The van der Waals surface area contributed by atoms with E-state index in [4.69, 9.17) is 0 Å². The van der Waals surface area contributed by atoms with Gasteiger partial charge in [-0.3, -0.25) is 0 Å². The van der Waals surface area contributed by atoms with Crippen LogP contribution < -0.4 is 0 Å². The van der Waals surface area contributed by atoms with E-state index in [-0.39, 0.29) is 0 Å². The molecule has 4 atom stereocenters. The lowest BCUT2D eigenvalue weighted by Crippen LogP contribution is -2.50. The molecule has 1 heterocycles. The minimum absolute atomic E-state index is 0.341. The Balaban J connectivity index is 1.96. The fourth-order valence-corrected chi connectivity index (χ4v) is 5.89. The van der Waals surface area contributed by atoms with Crippen LogP contribution in [0.25, 0.3) is 0 Å². The third-order valence-corrected chi connectivity index (χ3v) is 6.88. The summed E-state index contributed by atoms with van der Waals surface area (Å²) in [6.45, 7) is 17.3. The van der Waals surface area contributed by atoms with Gasteiger partial charge in [-0.2, -0.15) is 0 Å². The van der Waals surface area contributed by atoms with Crippen LogP contribution in [0.4, 0.5) is 0 Å². The van der Waals surface area contributed by atoms with Crippen molar-refractivity contribution in [1.29, 1.82) is 0 Å². The SMILES string of the molecule is CC(C)(C)C1CC=C2C[C@@H](n3ccnc3)CC[C@]2(C)C1C(C)(C)C. The predicted molar refractivity (Wildman–Crippen MR) is 102 cm³/mol. The number of rotatable bonds is 1. The Kier molecular flexibility index (Phi) is 4.25. The number of imidazole rings is 1. The molecule has 0 amide bonds. The molecule has 2 nitrogen and oxygen atoms in total. The molecular weight excluding hydrogens is 292 g/mol. The predicted octanol–water partition coefficient (Wildman–Crippen LogP) is 6.27. The molecule has 2 heteroatoms. The zero-order chi connectivity index (χ0) is 17.8. The van der Waals surface area contributed by atoms with Gasteiger partial charge in [-0.15, -0.1) is 0 Å². The van der Waals surface area contributed by atoms with Gasteiger partial charge >= 0.3 is 0 Å². The molecule has 1 saturated carbocycles. The number of hydrogen-bond acceptors (Lipinski definition) is 1. The zero-order valence-corrected chi connectivity index (χ0v) is 16.8. The van der Waals surface area contributed by atoms with Crippen molar-refractivity contribution in [3.8, 4) is 0 Å². The highest BCUT2D eigenvalue weighted by atomic mass is 15.1. The number of hydrogen-bond donors (Lipinski definition) is 0. The summed E-state index contributed by atoms with van der Waals surface area (Å²) in [4.78, 5) is 4.26. The second-order valence-electron chi connectivity index (χ2n) is 10.6. The lowest BCUT2D eigenvalue weighted by atomic mass is 9.47. The van der Waals surface area contributed by atoms with Gasteiger partial charge in [0.1, 0.15) is 0 Å². The van der Waals surface area contributed by atoms with Gasteiger partial charge in [0.05, 0.1) is 6.33 Å². The molecule has 0 bridgehead atoms. The van der Waals surface area contributed by atoms with Gasteiger partial charge in [0.2, 0.25) is 0 Å². The van der Waals surface area contributed by atoms with Crippen LogP contribution in [-0.2, 0) is 0 Å². The zero-order valence-electron chi connectivity index (χ0n) is 16.8. The largest absolute Gasteiger partial charge is 0.334 e. The first kappa shape index (κ1) is 17.8. The van der Waals surface area contributed by atoms with Crippen LogP contribution in [0.2, 0.25) is 0 Å². The molecule has 134 valence electrons. The maximum Gasteiger partial charge on any atom is 0.0948 e. The van der Waals surface area contributed by atoms with Gasteiger partial charge < -0.3 is 4.57 Å². The van der Waals surface area contributed by atoms with E-state index in [0.29, 0.717) is 22.3 Å². The van der Waals surface area contributed by atoms with Crippen LogP contribution >= 0.6 is 0 Å². The fraction of sp³-hybridized carbons (Fsp3) is 0.773. The van der Waals surface area contributed by atoms with Crippen molar-refractivity contribution in [3.63, 3.8) is 0 Å². The molecule has 1 fully saturated rings. The first-order valence-electron chi connectivity index (χ1n) is 9.70. The number of aromatic nitrogens is 2. The molecule has 1 aromatic rings. The Labute approximate surface area is 148 Å². The highest BCUT2D eigenvalue weighted by Crippen LogP contribution is 2.62. The molecule has 1 aromatic heterocycles. The van der Waals surface area contributed by atoms with E-state index in [1.54, 1.807) is 5.57 Å². The molecule has 24 heavy (non-hydrogen) atoms. The molecule has 0 spiro atoms. The van der Waals surface area contributed by atoms with Crippen LogP contribution in [0.15, 0.2) is 30.4 Å². The van der Waals surface area contributed by atoms with Crippen LogP contribution in [0.1, 0.15) is 80.2 Å². The highest BCUT2D eigenvalue weighted by molar-refractivity contribution is 5.25. The summed E-state index contributed by atoms with van der Waals surface area (Å²) in [6.07, 6.45) is 13.7. The normalized spacial score (nSPS) is 34.6. The topological polar surface area (TPSA) is 17.8 Å². The minimum Gasteiger partial charge on any atom is -0.334 e. The Morgan fingerprint density at radius 3 is 2.38 bits per heavy atom. The summed E-state index contributed by atoms with van der Waals surface area (Å²) in [5.41, 5.74) is 2.77. The van der Waals surface area contributed by atoms with Crippen molar-refractivity contribution in [2.24, 2.45) is 28.1 Å². The molecular formula is C22H36N2. The van der Waals surface area contributed by atoms with E-state index in [2.05, 4.69) is 70.3 Å². The summed E-state index contributed by atoms with van der Waals surface area (Å²) in [7, 11) is 0. The van der Waals surface area contributed by atoms with Gasteiger partial charge in [-0.25, -0.2) is 4.98 Å². The van der Waals surface area contributed by atoms with Gasteiger partial charge in [0, 0.05) is 18.4 Å². The third kappa shape index (κ3) is 2.97. The first-order chi connectivity index (χ1) is 11.0. The van der Waals surface area contributed by atoms with E-state index in [1.807, 2.05) is 12.5 Å². The summed E-state index contributed by atoms with van der Waals surface area (Å²) >= 11 is 0. The Morgan fingerprint density at radius 1 is 1.12 bits per heavy atom. The number of nitrogens with zero attached hydrogens (tertiary/aromatic N) is 2. The molecule has 2 unspecified atom stereocenters. The van der Waals surface area contributed by atoms with Crippen molar-refractivity contribution >= 4 is 0 Å². The molecule has 0 aliphatic heterocycles. The lowest BCUT2D eigenvalue weighted by Gasteiger charge is -2.58. The van der Waals surface area contributed by atoms with Crippen LogP contribution in [-0.4, -0.2) is 9.55 Å². The maximum atomic E-state index is 4.26. The smallest absolute Gasteiger partial charge is 0.0948 e. The first-order valence-corrected chi connectivity index (χ1v) is 9.70. The average Bonchev–Trinajstić information content (AvgIpc) is 2.97. The molecule has 0 N–H and O–H groups in total. The molecule has 0 radical (unpaired) electrons. The van der Waals surface area contributed by atoms with Crippen molar-refractivity contribution in [3.05, 3.63) is 30.4 Å². The molecule has 0 aromatic carbocycles. The van der Waals surface area contributed by atoms with Crippen LogP contribution in [0.5, 0.6) is 0 Å². The molecule has 0 saturated heterocycles. The van der Waals surface area contributed by atoms with E-state index < -0.39 is 0 Å². The Hall–Kier alpha value is -1.05. The maximum absolute atomic E-state index is 4.26. The molecule has 3 rings (SSSR count). The van der Waals surface area contributed by atoms with Gasteiger partial charge in [-0.1, -0.05) is 60.1 Å². The second kappa shape index (κ2) is 5.75. The van der Waals surface area contributed by atoms with Crippen molar-refractivity contribution in [1.82, 2.24) is 9.55 Å². The minimum atomic E-state index is 0.341. The van der Waals surface area contributed by atoms with Crippen molar-refractivity contribution < 1.29 is 0 Å². The third-order valence-electron chi connectivity index (χ3n) is 6.88. The average molecular weight is 329 g/mol. The molecule has 2 aliphatic carbocycles. The van der Waals surface area contributed by atoms with E-state index >= 15 is 0 Å². The molecule has 2 aliphatic rings. The Bertz CT molecular complexity index is 597. The summed E-state index contributed by atoms with van der Waals surface area (Å²) in [5, 5.41) is 0. The standard InChI is InChI=1S/C22H36N2/c1-20(2,3)18-9-8-16-14-17(24-13-12-23-15-24)10-11-22(16,7)19(18)21(4,5)6/h8,12-13,15,17-19H,9-11,14H2,1-7H3/t17-,18?,19?,22-/m0/s1. The van der Waals surface area contributed by atoms with Gasteiger partial charge in [0.15, 0.2) is 0 Å². The van der Waals surface area contributed by atoms with Crippen molar-refractivity contribution in [2.75, 3.05) is 0 Å². The second-order valence-corrected chi connectivity index (χ2v) is 10.6. The van der Waals surface area contributed by atoms with Crippen molar-refractivity contribution in [2.45, 2.75) is 80.2 Å². The summed E-state index contributed by atoms with van der Waals surface area (Å²) in [5.74, 6) is 1.50. The number of allylic oxidation sites excluding steroid dienone is 2. The monoisotopic (exact) mass is 328 g/mol. The highest BCUT2D eigenvalue weighted by Gasteiger charge is 2.53. The Morgan fingerprint density at radius 2 is 1.83 bits per heavy atom. The van der Waals surface area contributed by atoms with Gasteiger partial charge in [0.25, 0.3) is 0 Å². The number of fused-ring (bicyclic) bond motifs is 1. The quantitative estimate of drug-likeness (QED) is 0.556. The fourth-order valence-electron chi connectivity index (χ4n) is 5.89. The van der Waals surface area contributed by atoms with Crippen LogP contribution in [0.3, 0.4) is 0 Å². The summed E-state index contributed by atoms with van der Waals surface area (Å²) < 4.78 is 2.32. The summed E-state index contributed by atoms with van der Waals surface area (Å²) in [6, 6.07) is 0.596. The van der Waals surface area contributed by atoms with Crippen LogP contribution in [0, 0.1) is 28.1 Å². The van der Waals surface area contributed by atoms with E-state index in [0.717, 1.165) is 11.8 Å².